The van der Waals surface area contributed by atoms with Gasteiger partial charge in [-0.25, -0.2) is 4.79 Å². The molecule has 0 saturated heterocycles. The van der Waals surface area contributed by atoms with E-state index in [2.05, 4.69) is 19.9 Å². The summed E-state index contributed by atoms with van der Waals surface area (Å²) in [7, 11) is 0. The molecule has 1 unspecified atom stereocenters. The number of carboxylic acids is 1. The van der Waals surface area contributed by atoms with E-state index in [0.717, 1.165) is 30.4 Å². The van der Waals surface area contributed by atoms with Gasteiger partial charge in [0.2, 0.25) is 0 Å². The molecule has 0 spiro atoms. The molecule has 1 aliphatic rings. The zero-order valence-electron chi connectivity index (χ0n) is 16.6. The number of hydrogen-bond donors (Lipinski definition) is 1. The number of carboxylic acid groups (broad SMARTS) is 1. The highest BCUT2D eigenvalue weighted by Crippen LogP contribution is 2.37. The lowest BCUT2D eigenvalue weighted by Gasteiger charge is -2.32. The predicted octanol–water partition coefficient (Wildman–Crippen LogP) is 6.03. The lowest BCUT2D eigenvalue weighted by molar-refractivity contribution is -0.139. The fourth-order valence-corrected chi connectivity index (χ4v) is 4.44. The van der Waals surface area contributed by atoms with Gasteiger partial charge in [-0.1, -0.05) is 77.3 Å². The van der Waals surface area contributed by atoms with Crippen molar-refractivity contribution in [2.45, 2.75) is 84.5 Å². The van der Waals surface area contributed by atoms with Gasteiger partial charge >= 0.3 is 5.97 Å². The van der Waals surface area contributed by atoms with Crippen molar-refractivity contribution >= 4 is 5.97 Å². The Hall–Kier alpha value is -1.51. The van der Waals surface area contributed by atoms with Crippen LogP contribution in [0.5, 0.6) is 5.75 Å². The standard InChI is InChI=1S/C23H36O3/c1-3-5-6-7-8-9-11-18(4-2)19-14-15-21-20(16-19)12-10-13-22(21)26-17-23(24)25/h10,12-13,18-19H,3-9,11,14-17H2,1-2H3,(H,24,25)/t18?,19-/m1/s1. The normalized spacial score (nSPS) is 17.5. The molecule has 0 amide bonds. The second kappa shape index (κ2) is 11.3. The second-order valence-electron chi connectivity index (χ2n) is 7.80. The molecule has 146 valence electrons. The van der Waals surface area contributed by atoms with Crippen LogP contribution in [0.15, 0.2) is 18.2 Å². The molecule has 1 aromatic rings. The molecular weight excluding hydrogens is 324 g/mol. The summed E-state index contributed by atoms with van der Waals surface area (Å²) in [4.78, 5) is 10.8. The van der Waals surface area contributed by atoms with E-state index >= 15 is 0 Å². The lowest BCUT2D eigenvalue weighted by atomic mass is 9.74. The highest BCUT2D eigenvalue weighted by molar-refractivity contribution is 5.68. The van der Waals surface area contributed by atoms with Crippen molar-refractivity contribution in [1.82, 2.24) is 0 Å². The molecule has 1 aromatic carbocycles. The Morgan fingerprint density at radius 1 is 1.19 bits per heavy atom. The first-order chi connectivity index (χ1) is 12.7. The monoisotopic (exact) mass is 360 g/mol. The van der Waals surface area contributed by atoms with Crippen LogP contribution in [0.2, 0.25) is 0 Å². The largest absolute Gasteiger partial charge is 0.482 e. The van der Waals surface area contributed by atoms with E-state index in [1.165, 1.54) is 68.9 Å². The molecule has 0 aromatic heterocycles. The minimum Gasteiger partial charge on any atom is -0.482 e. The van der Waals surface area contributed by atoms with Crippen molar-refractivity contribution < 1.29 is 14.6 Å². The van der Waals surface area contributed by atoms with Crippen molar-refractivity contribution in [3.05, 3.63) is 29.3 Å². The Morgan fingerprint density at radius 2 is 1.96 bits per heavy atom. The Bertz CT molecular complexity index is 552. The zero-order valence-corrected chi connectivity index (χ0v) is 16.6. The summed E-state index contributed by atoms with van der Waals surface area (Å²) >= 11 is 0. The van der Waals surface area contributed by atoms with Gasteiger partial charge in [0.25, 0.3) is 0 Å². The lowest BCUT2D eigenvalue weighted by Crippen LogP contribution is -2.23. The topological polar surface area (TPSA) is 46.5 Å². The molecule has 2 atom stereocenters. The van der Waals surface area contributed by atoms with Crippen LogP contribution in [0.1, 0.15) is 82.8 Å². The van der Waals surface area contributed by atoms with Gasteiger partial charge in [0.1, 0.15) is 5.75 Å². The van der Waals surface area contributed by atoms with Crippen LogP contribution in [0.3, 0.4) is 0 Å². The first-order valence-corrected chi connectivity index (χ1v) is 10.6. The predicted molar refractivity (Wildman–Crippen MR) is 107 cm³/mol. The summed E-state index contributed by atoms with van der Waals surface area (Å²) in [6.45, 7) is 4.35. The first-order valence-electron chi connectivity index (χ1n) is 10.6. The third-order valence-corrected chi connectivity index (χ3v) is 5.95. The van der Waals surface area contributed by atoms with Gasteiger partial charge in [0, 0.05) is 0 Å². The average molecular weight is 361 g/mol. The third-order valence-electron chi connectivity index (χ3n) is 5.95. The zero-order chi connectivity index (χ0) is 18.8. The molecular formula is C23H36O3. The van der Waals surface area contributed by atoms with Crippen LogP contribution < -0.4 is 4.74 Å². The van der Waals surface area contributed by atoms with Crippen molar-refractivity contribution in [2.24, 2.45) is 11.8 Å². The molecule has 0 bridgehead atoms. The van der Waals surface area contributed by atoms with Crippen LogP contribution in [-0.4, -0.2) is 17.7 Å². The molecule has 26 heavy (non-hydrogen) atoms. The number of aliphatic carboxylic acids is 1. The van der Waals surface area contributed by atoms with Crippen LogP contribution in [0, 0.1) is 11.8 Å². The molecule has 0 fully saturated rings. The summed E-state index contributed by atoms with van der Waals surface area (Å²) in [5, 5.41) is 8.85. The minimum absolute atomic E-state index is 0.254. The van der Waals surface area contributed by atoms with Gasteiger partial charge in [-0.05, 0) is 48.3 Å². The number of benzene rings is 1. The number of hydrogen-bond acceptors (Lipinski definition) is 2. The van der Waals surface area contributed by atoms with E-state index in [1.807, 2.05) is 12.1 Å². The Balaban J connectivity index is 1.87. The van der Waals surface area contributed by atoms with E-state index in [-0.39, 0.29) is 6.61 Å². The number of carbonyl (C=O) groups is 1. The Kier molecular flexibility index (Phi) is 9.00. The van der Waals surface area contributed by atoms with E-state index < -0.39 is 5.97 Å². The van der Waals surface area contributed by atoms with Crippen molar-refractivity contribution in [3.63, 3.8) is 0 Å². The molecule has 3 heteroatoms. The maximum absolute atomic E-state index is 10.8. The van der Waals surface area contributed by atoms with Gasteiger partial charge in [0.05, 0.1) is 0 Å². The average Bonchev–Trinajstić information content (AvgIpc) is 2.65. The summed E-state index contributed by atoms with van der Waals surface area (Å²) in [5.74, 6) is 1.43. The molecule has 0 radical (unpaired) electrons. The molecule has 2 rings (SSSR count). The van der Waals surface area contributed by atoms with Crippen LogP contribution in [-0.2, 0) is 17.6 Å². The van der Waals surface area contributed by atoms with E-state index in [1.54, 1.807) is 0 Å². The minimum atomic E-state index is -0.915. The summed E-state index contributed by atoms with van der Waals surface area (Å²) < 4.78 is 5.50. The fourth-order valence-electron chi connectivity index (χ4n) is 4.44. The second-order valence-corrected chi connectivity index (χ2v) is 7.80. The third kappa shape index (κ3) is 6.34. The van der Waals surface area contributed by atoms with Gasteiger partial charge in [-0.3, -0.25) is 0 Å². The molecule has 0 saturated carbocycles. The maximum atomic E-state index is 10.8. The van der Waals surface area contributed by atoms with Crippen molar-refractivity contribution in [2.75, 3.05) is 6.61 Å². The molecule has 0 aliphatic heterocycles. The van der Waals surface area contributed by atoms with Gasteiger partial charge in [-0.15, -0.1) is 0 Å². The number of fused-ring (bicyclic) bond motifs is 1. The number of rotatable bonds is 12. The molecule has 1 N–H and O–H groups in total. The molecule has 1 aliphatic carbocycles. The molecule has 3 nitrogen and oxygen atoms in total. The van der Waals surface area contributed by atoms with Crippen LogP contribution >= 0.6 is 0 Å². The van der Waals surface area contributed by atoms with Crippen molar-refractivity contribution in [1.29, 1.82) is 0 Å². The van der Waals surface area contributed by atoms with Gasteiger partial charge in [0.15, 0.2) is 6.61 Å². The first kappa shape index (κ1) is 20.8. The smallest absolute Gasteiger partial charge is 0.341 e. The highest BCUT2D eigenvalue weighted by Gasteiger charge is 2.26. The van der Waals surface area contributed by atoms with Gasteiger partial charge in [-0.2, -0.15) is 0 Å². The summed E-state index contributed by atoms with van der Waals surface area (Å²) in [5.41, 5.74) is 2.60. The van der Waals surface area contributed by atoms with Crippen LogP contribution in [0.4, 0.5) is 0 Å². The Morgan fingerprint density at radius 3 is 2.69 bits per heavy atom. The molecule has 0 heterocycles. The SMILES string of the molecule is CCCCCCCCC(CC)[C@@H]1CCc2c(cccc2OCC(=O)O)C1. The fraction of sp³-hybridized carbons (Fsp3) is 0.696. The summed E-state index contributed by atoms with van der Waals surface area (Å²) in [6.07, 6.45) is 14.2. The quantitative estimate of drug-likeness (QED) is 0.463. The number of ether oxygens (including phenoxy) is 1. The highest BCUT2D eigenvalue weighted by atomic mass is 16.5. The maximum Gasteiger partial charge on any atom is 0.341 e. The van der Waals surface area contributed by atoms with Crippen molar-refractivity contribution in [3.8, 4) is 5.75 Å². The summed E-state index contributed by atoms with van der Waals surface area (Å²) in [6, 6.07) is 6.12. The van der Waals surface area contributed by atoms with Crippen LogP contribution in [0.25, 0.3) is 0 Å². The van der Waals surface area contributed by atoms with E-state index in [4.69, 9.17) is 9.84 Å². The van der Waals surface area contributed by atoms with E-state index in [0.29, 0.717) is 0 Å². The van der Waals surface area contributed by atoms with E-state index in [9.17, 15) is 4.79 Å². The Labute approximate surface area is 159 Å². The van der Waals surface area contributed by atoms with Gasteiger partial charge < -0.3 is 9.84 Å². The number of unbranched alkanes of at least 4 members (excludes halogenated alkanes) is 5.